The van der Waals surface area contributed by atoms with E-state index in [-0.39, 0.29) is 4.21 Å². The standard InChI is InChI=1S/C15H19Cl2NO4S2/c16-4-1-2-6-21-12-8-11-9-15(24(18,19)20)23-14(11)10-13(12)22-7-3-5-17/h8-10H,1-7H2,(H2,18,19,20). The van der Waals surface area contributed by atoms with Crippen LogP contribution in [-0.4, -0.2) is 33.4 Å². The zero-order valence-corrected chi connectivity index (χ0v) is 16.1. The minimum Gasteiger partial charge on any atom is -0.490 e. The van der Waals surface area contributed by atoms with Crippen LogP contribution in [0.1, 0.15) is 19.3 Å². The van der Waals surface area contributed by atoms with Gasteiger partial charge >= 0.3 is 0 Å². The van der Waals surface area contributed by atoms with E-state index >= 15 is 0 Å². The Morgan fingerprint density at radius 1 is 0.958 bits per heavy atom. The molecule has 0 saturated carbocycles. The lowest BCUT2D eigenvalue weighted by Crippen LogP contribution is -2.09. The molecule has 134 valence electrons. The number of benzene rings is 1. The van der Waals surface area contributed by atoms with Crippen molar-refractivity contribution < 1.29 is 17.9 Å². The first-order valence-electron chi connectivity index (χ1n) is 7.43. The van der Waals surface area contributed by atoms with Crippen molar-refractivity contribution in [2.45, 2.75) is 23.5 Å². The molecule has 2 rings (SSSR count). The molecule has 0 saturated heterocycles. The molecule has 1 aromatic carbocycles. The van der Waals surface area contributed by atoms with Gasteiger partial charge in [-0.05, 0) is 36.8 Å². The molecule has 0 fully saturated rings. The molecule has 24 heavy (non-hydrogen) atoms. The third kappa shape index (κ3) is 5.39. The van der Waals surface area contributed by atoms with Gasteiger partial charge in [-0.25, -0.2) is 13.6 Å². The molecule has 0 bridgehead atoms. The number of sulfonamides is 1. The van der Waals surface area contributed by atoms with Crippen molar-refractivity contribution in [3.05, 3.63) is 18.2 Å². The number of rotatable bonds is 10. The molecule has 2 aromatic rings. The third-order valence-corrected chi connectivity index (χ3v) is 6.21. The second-order valence-corrected chi connectivity index (χ2v) is 8.71. The molecule has 0 aliphatic heterocycles. The Labute approximate surface area is 155 Å². The Kier molecular flexibility index (Phi) is 7.43. The van der Waals surface area contributed by atoms with E-state index in [1.165, 1.54) is 0 Å². The number of alkyl halides is 2. The summed E-state index contributed by atoms with van der Waals surface area (Å²) >= 11 is 12.4. The highest BCUT2D eigenvalue weighted by atomic mass is 35.5. The second-order valence-electron chi connectivity index (χ2n) is 5.08. The highest BCUT2D eigenvalue weighted by Crippen LogP contribution is 2.38. The van der Waals surface area contributed by atoms with Crippen LogP contribution in [0.3, 0.4) is 0 Å². The molecule has 0 amide bonds. The Morgan fingerprint density at radius 2 is 1.58 bits per heavy atom. The van der Waals surface area contributed by atoms with E-state index in [1.807, 2.05) is 0 Å². The van der Waals surface area contributed by atoms with E-state index in [0.717, 1.165) is 34.3 Å². The van der Waals surface area contributed by atoms with E-state index in [9.17, 15) is 8.42 Å². The molecule has 0 atom stereocenters. The first-order chi connectivity index (χ1) is 11.5. The summed E-state index contributed by atoms with van der Waals surface area (Å²) < 4.78 is 35.4. The average molecular weight is 412 g/mol. The van der Waals surface area contributed by atoms with Gasteiger partial charge < -0.3 is 9.47 Å². The zero-order valence-electron chi connectivity index (χ0n) is 13.0. The van der Waals surface area contributed by atoms with Gasteiger partial charge in [0.05, 0.1) is 13.2 Å². The van der Waals surface area contributed by atoms with Gasteiger partial charge in [0.25, 0.3) is 0 Å². The fourth-order valence-corrected chi connectivity index (χ4v) is 4.13. The van der Waals surface area contributed by atoms with Gasteiger partial charge in [-0.2, -0.15) is 0 Å². The number of nitrogens with two attached hydrogens (primary N) is 1. The molecule has 0 aliphatic carbocycles. The van der Waals surface area contributed by atoms with Gasteiger partial charge in [0.2, 0.25) is 10.0 Å². The summed E-state index contributed by atoms with van der Waals surface area (Å²) in [6.45, 7) is 0.969. The SMILES string of the molecule is NS(=O)(=O)c1cc2cc(OCCCCCl)c(OCCCCl)cc2s1. The molecular formula is C15H19Cl2NO4S2. The van der Waals surface area contributed by atoms with Crippen LogP contribution >= 0.6 is 34.5 Å². The number of unbranched alkanes of at least 4 members (excludes halogenated alkanes) is 1. The topological polar surface area (TPSA) is 78.6 Å². The smallest absolute Gasteiger partial charge is 0.247 e. The van der Waals surface area contributed by atoms with Crippen molar-refractivity contribution in [2.24, 2.45) is 5.14 Å². The van der Waals surface area contributed by atoms with Crippen LogP contribution in [-0.2, 0) is 10.0 Å². The van der Waals surface area contributed by atoms with Crippen LogP contribution in [0.2, 0.25) is 0 Å². The van der Waals surface area contributed by atoms with Gasteiger partial charge in [0.1, 0.15) is 4.21 Å². The van der Waals surface area contributed by atoms with Crippen LogP contribution in [0.5, 0.6) is 11.5 Å². The summed E-state index contributed by atoms with van der Waals surface area (Å²) in [7, 11) is -3.73. The van der Waals surface area contributed by atoms with Crippen molar-refractivity contribution in [1.82, 2.24) is 0 Å². The number of primary sulfonamides is 1. The molecular weight excluding hydrogens is 393 g/mol. The monoisotopic (exact) mass is 411 g/mol. The minimum absolute atomic E-state index is 0.114. The number of hydrogen-bond acceptors (Lipinski definition) is 5. The first kappa shape index (κ1) is 19.6. The molecule has 9 heteroatoms. The Morgan fingerprint density at radius 3 is 2.21 bits per heavy atom. The van der Waals surface area contributed by atoms with Crippen molar-refractivity contribution in [2.75, 3.05) is 25.0 Å². The van der Waals surface area contributed by atoms with E-state index in [1.54, 1.807) is 18.2 Å². The minimum atomic E-state index is -3.73. The fraction of sp³-hybridized carbons (Fsp3) is 0.467. The summed E-state index contributed by atoms with van der Waals surface area (Å²) in [5.74, 6) is 2.23. The Hall–Kier alpha value is -0.730. The first-order valence-corrected chi connectivity index (χ1v) is 10.9. The fourth-order valence-electron chi connectivity index (χ4n) is 2.00. The van der Waals surface area contributed by atoms with Crippen LogP contribution in [0.25, 0.3) is 10.1 Å². The van der Waals surface area contributed by atoms with Gasteiger partial charge in [0.15, 0.2) is 11.5 Å². The number of thiophene rings is 1. The van der Waals surface area contributed by atoms with Gasteiger partial charge in [-0.15, -0.1) is 34.5 Å². The van der Waals surface area contributed by atoms with E-state index < -0.39 is 10.0 Å². The lowest BCUT2D eigenvalue weighted by atomic mass is 10.2. The Balaban J connectivity index is 2.29. The van der Waals surface area contributed by atoms with Gasteiger partial charge in [-0.3, -0.25) is 0 Å². The van der Waals surface area contributed by atoms with Crippen LogP contribution < -0.4 is 14.6 Å². The predicted octanol–water partition coefficient (Wildman–Crippen LogP) is 3.95. The van der Waals surface area contributed by atoms with Crippen molar-refractivity contribution in [3.8, 4) is 11.5 Å². The molecule has 1 aromatic heterocycles. The maximum Gasteiger partial charge on any atom is 0.247 e. The molecule has 0 radical (unpaired) electrons. The number of hydrogen-bond donors (Lipinski definition) is 1. The molecule has 1 heterocycles. The van der Waals surface area contributed by atoms with Crippen LogP contribution in [0, 0.1) is 0 Å². The molecule has 0 unspecified atom stereocenters. The van der Waals surface area contributed by atoms with E-state index in [4.69, 9.17) is 37.8 Å². The summed E-state index contributed by atoms with van der Waals surface area (Å²) in [6.07, 6.45) is 2.40. The van der Waals surface area contributed by atoms with Crippen LogP contribution in [0.4, 0.5) is 0 Å². The molecule has 0 aliphatic rings. The van der Waals surface area contributed by atoms with Crippen molar-refractivity contribution in [1.29, 1.82) is 0 Å². The highest BCUT2D eigenvalue weighted by Gasteiger charge is 2.16. The third-order valence-electron chi connectivity index (χ3n) is 3.16. The molecule has 0 spiro atoms. The normalized spacial score (nSPS) is 11.8. The number of halogens is 2. The summed E-state index contributed by atoms with van der Waals surface area (Å²) in [5, 5.41) is 5.95. The number of fused-ring (bicyclic) bond motifs is 1. The maximum absolute atomic E-state index is 11.5. The average Bonchev–Trinajstić information content (AvgIpc) is 2.95. The summed E-state index contributed by atoms with van der Waals surface area (Å²) in [6, 6.07) is 5.10. The van der Waals surface area contributed by atoms with E-state index in [0.29, 0.717) is 42.9 Å². The van der Waals surface area contributed by atoms with Gasteiger partial charge in [-0.1, -0.05) is 0 Å². The largest absolute Gasteiger partial charge is 0.490 e. The van der Waals surface area contributed by atoms with Crippen molar-refractivity contribution >= 4 is 54.6 Å². The summed E-state index contributed by atoms with van der Waals surface area (Å²) in [4.78, 5) is 0. The quantitative estimate of drug-likeness (QED) is 0.473. The lowest BCUT2D eigenvalue weighted by Gasteiger charge is -2.13. The van der Waals surface area contributed by atoms with Gasteiger partial charge in [0, 0.05) is 22.5 Å². The lowest BCUT2D eigenvalue weighted by molar-refractivity contribution is 0.266. The van der Waals surface area contributed by atoms with Crippen LogP contribution in [0.15, 0.2) is 22.4 Å². The van der Waals surface area contributed by atoms with Crippen molar-refractivity contribution in [3.63, 3.8) is 0 Å². The zero-order chi connectivity index (χ0) is 17.6. The molecule has 2 N–H and O–H groups in total. The number of ether oxygens (including phenoxy) is 2. The predicted molar refractivity (Wildman–Crippen MR) is 99.5 cm³/mol. The maximum atomic E-state index is 11.5. The molecule has 5 nitrogen and oxygen atoms in total. The summed E-state index contributed by atoms with van der Waals surface area (Å²) in [5.41, 5.74) is 0. The Bertz CT molecular complexity index is 777. The second kappa shape index (κ2) is 9.10. The van der Waals surface area contributed by atoms with E-state index in [2.05, 4.69) is 0 Å². The highest BCUT2D eigenvalue weighted by molar-refractivity contribution is 7.91.